The number of nitrogens with two attached hydrogens (primary N) is 1. The Morgan fingerprint density at radius 1 is 1.57 bits per heavy atom. The molecular formula is C10H9IN2O. The van der Waals surface area contributed by atoms with Crippen LogP contribution in [0.3, 0.4) is 0 Å². The van der Waals surface area contributed by atoms with Gasteiger partial charge in [0.25, 0.3) is 0 Å². The minimum atomic E-state index is 0.00264. The maximum absolute atomic E-state index is 8.99. The molecule has 1 aromatic rings. The Hall–Kier alpha value is -0.800. The summed E-state index contributed by atoms with van der Waals surface area (Å²) in [6, 6.07) is 6.01. The predicted octanol–water partition coefficient (Wildman–Crippen LogP) is 1.95. The highest BCUT2D eigenvalue weighted by Crippen LogP contribution is 2.35. The van der Waals surface area contributed by atoms with Gasteiger partial charge < -0.3 is 10.5 Å². The van der Waals surface area contributed by atoms with Crippen LogP contribution in [-0.2, 0) is 0 Å². The van der Waals surface area contributed by atoms with Gasteiger partial charge in [-0.3, -0.25) is 0 Å². The van der Waals surface area contributed by atoms with Gasteiger partial charge in [0, 0.05) is 21.6 Å². The molecule has 2 N–H and O–H groups in total. The van der Waals surface area contributed by atoms with Gasteiger partial charge in [-0.2, -0.15) is 5.26 Å². The van der Waals surface area contributed by atoms with Crippen LogP contribution in [0.15, 0.2) is 12.1 Å². The van der Waals surface area contributed by atoms with Crippen molar-refractivity contribution in [2.45, 2.75) is 12.5 Å². The molecule has 1 aliphatic heterocycles. The van der Waals surface area contributed by atoms with Crippen LogP contribution in [0.4, 0.5) is 0 Å². The Morgan fingerprint density at radius 2 is 2.36 bits per heavy atom. The zero-order chi connectivity index (χ0) is 10.1. The van der Waals surface area contributed by atoms with Gasteiger partial charge in [0.05, 0.1) is 6.61 Å². The largest absolute Gasteiger partial charge is 0.492 e. The zero-order valence-corrected chi connectivity index (χ0v) is 9.61. The van der Waals surface area contributed by atoms with E-state index in [4.69, 9.17) is 15.7 Å². The number of ether oxygens (including phenoxy) is 1. The van der Waals surface area contributed by atoms with E-state index in [-0.39, 0.29) is 6.04 Å². The van der Waals surface area contributed by atoms with Crippen molar-refractivity contribution in [3.63, 3.8) is 0 Å². The summed E-state index contributed by atoms with van der Waals surface area (Å²) in [5, 5.41) is 8.99. The van der Waals surface area contributed by atoms with Crippen LogP contribution in [-0.4, -0.2) is 6.61 Å². The fourth-order valence-corrected chi connectivity index (χ4v) is 2.12. The molecule has 0 bridgehead atoms. The molecule has 4 heteroatoms. The van der Waals surface area contributed by atoms with Gasteiger partial charge in [-0.1, -0.05) is 6.07 Å². The van der Waals surface area contributed by atoms with E-state index in [1.165, 1.54) is 0 Å². The molecule has 0 amide bonds. The monoisotopic (exact) mass is 300 g/mol. The first-order valence-electron chi connectivity index (χ1n) is 4.35. The van der Waals surface area contributed by atoms with Crippen LogP contribution in [0.1, 0.15) is 23.6 Å². The molecule has 1 aliphatic rings. The molecule has 1 aromatic carbocycles. The first kappa shape index (κ1) is 9.74. The van der Waals surface area contributed by atoms with Crippen molar-refractivity contribution in [3.05, 3.63) is 26.8 Å². The van der Waals surface area contributed by atoms with Crippen molar-refractivity contribution in [2.24, 2.45) is 5.73 Å². The van der Waals surface area contributed by atoms with Crippen LogP contribution in [0.25, 0.3) is 0 Å². The minimum absolute atomic E-state index is 0.00264. The summed E-state index contributed by atoms with van der Waals surface area (Å²) in [5.41, 5.74) is 7.49. The number of fused-ring (bicyclic) bond motifs is 1. The average Bonchev–Trinajstić information content (AvgIpc) is 2.18. The highest BCUT2D eigenvalue weighted by atomic mass is 127. The lowest BCUT2D eigenvalue weighted by Gasteiger charge is -2.23. The van der Waals surface area contributed by atoms with Gasteiger partial charge in [-0.15, -0.1) is 0 Å². The molecule has 1 atom stereocenters. The highest BCUT2D eigenvalue weighted by Gasteiger charge is 2.22. The quantitative estimate of drug-likeness (QED) is 0.745. The van der Waals surface area contributed by atoms with E-state index >= 15 is 0 Å². The number of nitriles is 1. The van der Waals surface area contributed by atoms with Gasteiger partial charge in [-0.05, 0) is 28.7 Å². The SMILES string of the molecule is N#Cc1c(I)ccc2c1OCC[C@H]2N. The van der Waals surface area contributed by atoms with Gasteiger partial charge in [0.15, 0.2) is 0 Å². The second kappa shape index (κ2) is 3.75. The molecule has 0 saturated carbocycles. The predicted molar refractivity (Wildman–Crippen MR) is 60.9 cm³/mol. The summed E-state index contributed by atoms with van der Waals surface area (Å²) in [6.07, 6.45) is 0.818. The number of hydrogen-bond donors (Lipinski definition) is 1. The number of rotatable bonds is 0. The lowest BCUT2D eigenvalue weighted by Crippen LogP contribution is -2.21. The first-order valence-corrected chi connectivity index (χ1v) is 5.43. The Labute approximate surface area is 96.0 Å². The van der Waals surface area contributed by atoms with E-state index in [0.29, 0.717) is 17.9 Å². The summed E-state index contributed by atoms with van der Waals surface area (Å²) >= 11 is 2.13. The summed E-state index contributed by atoms with van der Waals surface area (Å²) in [7, 11) is 0. The maximum atomic E-state index is 8.99. The number of nitrogens with zero attached hydrogens (tertiary/aromatic N) is 1. The molecule has 2 rings (SSSR count). The molecule has 0 radical (unpaired) electrons. The summed E-state index contributed by atoms with van der Waals surface area (Å²) in [4.78, 5) is 0. The molecule has 0 aliphatic carbocycles. The van der Waals surface area contributed by atoms with Crippen LogP contribution in [0.2, 0.25) is 0 Å². The fourth-order valence-electron chi connectivity index (χ4n) is 1.57. The molecular weight excluding hydrogens is 291 g/mol. The Bertz CT molecular complexity index is 411. The third-order valence-corrected chi connectivity index (χ3v) is 3.22. The lowest BCUT2D eigenvalue weighted by molar-refractivity contribution is 0.268. The van der Waals surface area contributed by atoms with E-state index in [9.17, 15) is 0 Å². The fraction of sp³-hybridized carbons (Fsp3) is 0.300. The Morgan fingerprint density at radius 3 is 3.07 bits per heavy atom. The van der Waals surface area contributed by atoms with Crippen molar-refractivity contribution in [2.75, 3.05) is 6.61 Å². The second-order valence-corrected chi connectivity index (χ2v) is 4.36. The maximum Gasteiger partial charge on any atom is 0.142 e. The lowest BCUT2D eigenvalue weighted by atomic mass is 9.99. The van der Waals surface area contributed by atoms with E-state index in [0.717, 1.165) is 15.6 Å². The van der Waals surface area contributed by atoms with Gasteiger partial charge >= 0.3 is 0 Å². The summed E-state index contributed by atoms with van der Waals surface area (Å²) in [6.45, 7) is 0.600. The first-order chi connectivity index (χ1) is 6.74. The van der Waals surface area contributed by atoms with Crippen molar-refractivity contribution < 1.29 is 4.74 Å². The molecule has 0 aromatic heterocycles. The van der Waals surface area contributed by atoms with Gasteiger partial charge in [0.2, 0.25) is 0 Å². The third kappa shape index (κ3) is 1.47. The molecule has 0 fully saturated rings. The molecule has 0 spiro atoms. The second-order valence-electron chi connectivity index (χ2n) is 3.20. The number of hydrogen-bond acceptors (Lipinski definition) is 3. The Balaban J connectivity index is 2.63. The van der Waals surface area contributed by atoms with E-state index < -0.39 is 0 Å². The normalized spacial score (nSPS) is 19.4. The molecule has 72 valence electrons. The zero-order valence-electron chi connectivity index (χ0n) is 7.46. The highest BCUT2D eigenvalue weighted by molar-refractivity contribution is 14.1. The summed E-state index contributed by atoms with van der Waals surface area (Å²) < 4.78 is 6.40. The summed E-state index contributed by atoms with van der Waals surface area (Å²) in [5.74, 6) is 0.679. The van der Waals surface area contributed by atoms with Crippen LogP contribution < -0.4 is 10.5 Å². The minimum Gasteiger partial charge on any atom is -0.492 e. The van der Waals surface area contributed by atoms with Crippen molar-refractivity contribution in [1.29, 1.82) is 5.26 Å². The van der Waals surface area contributed by atoms with Crippen LogP contribution in [0.5, 0.6) is 5.75 Å². The van der Waals surface area contributed by atoms with Crippen molar-refractivity contribution in [1.82, 2.24) is 0 Å². The molecule has 14 heavy (non-hydrogen) atoms. The standard InChI is InChI=1S/C10H9IN2O/c11-8-2-1-6-9(13)3-4-14-10(6)7(8)5-12/h1-2,9H,3-4,13H2/t9-/m1/s1. The average molecular weight is 300 g/mol. The van der Waals surface area contributed by atoms with E-state index in [1.54, 1.807) is 0 Å². The van der Waals surface area contributed by atoms with Crippen LogP contribution in [0, 0.1) is 14.9 Å². The van der Waals surface area contributed by atoms with Crippen molar-refractivity contribution >= 4 is 22.6 Å². The molecule has 3 nitrogen and oxygen atoms in total. The van der Waals surface area contributed by atoms with Gasteiger partial charge in [-0.25, -0.2) is 0 Å². The topological polar surface area (TPSA) is 59.0 Å². The third-order valence-electron chi connectivity index (χ3n) is 2.32. The molecule has 0 saturated heterocycles. The van der Waals surface area contributed by atoms with E-state index in [1.807, 2.05) is 12.1 Å². The smallest absolute Gasteiger partial charge is 0.142 e. The van der Waals surface area contributed by atoms with Gasteiger partial charge in [0.1, 0.15) is 17.4 Å². The van der Waals surface area contributed by atoms with Crippen molar-refractivity contribution in [3.8, 4) is 11.8 Å². The Kier molecular flexibility index (Phi) is 2.61. The van der Waals surface area contributed by atoms with Crippen LogP contribution >= 0.6 is 22.6 Å². The number of benzene rings is 1. The molecule has 0 unspecified atom stereocenters. The number of halogens is 1. The molecule has 1 heterocycles. The van der Waals surface area contributed by atoms with E-state index in [2.05, 4.69) is 28.7 Å².